The van der Waals surface area contributed by atoms with Crippen molar-refractivity contribution < 1.29 is 20.1 Å². The lowest BCUT2D eigenvalue weighted by atomic mass is 9.44. The molecule has 154 valence electrons. The van der Waals surface area contributed by atoms with Crippen molar-refractivity contribution in [1.29, 1.82) is 0 Å². The van der Waals surface area contributed by atoms with Gasteiger partial charge >= 0.3 is 0 Å². The summed E-state index contributed by atoms with van der Waals surface area (Å²) in [7, 11) is 1.89. The van der Waals surface area contributed by atoms with Crippen LogP contribution in [0.2, 0.25) is 0 Å². The molecule has 0 aromatic carbocycles. The maximum Gasteiger partial charge on any atom is 0.101 e. The standard InChI is InChI=1S/C23H38O4/c1-13(12-24)23(26)18(25)10-17-15-9-19(27-4)22-11-14(22)5-7-20(22,2)16(15)6-8-21(17,23)3/h13-19,24-26H,5-12H2,1-4H3/t13-,14-,15?,16?,17?,18+,19-,20-,21+,22?,23-/m1/s1. The van der Waals surface area contributed by atoms with Gasteiger partial charge in [0.1, 0.15) is 5.60 Å². The van der Waals surface area contributed by atoms with Crippen LogP contribution in [0.15, 0.2) is 0 Å². The number of aliphatic hydroxyl groups excluding tert-OH is 2. The lowest BCUT2D eigenvalue weighted by Gasteiger charge is -2.61. The van der Waals surface area contributed by atoms with Crippen molar-refractivity contribution in [2.75, 3.05) is 13.7 Å². The van der Waals surface area contributed by atoms with Gasteiger partial charge in [-0.15, -0.1) is 0 Å². The number of fused-ring (bicyclic) bond motifs is 4. The van der Waals surface area contributed by atoms with Gasteiger partial charge in [0.2, 0.25) is 0 Å². The Bertz CT molecular complexity index is 638. The van der Waals surface area contributed by atoms with Crippen molar-refractivity contribution in [2.45, 2.75) is 83.5 Å². The third-order valence-electron chi connectivity index (χ3n) is 11.1. The van der Waals surface area contributed by atoms with Gasteiger partial charge in [-0.05, 0) is 74.0 Å². The third-order valence-corrected chi connectivity index (χ3v) is 11.1. The highest BCUT2D eigenvalue weighted by Gasteiger charge is 2.78. The fourth-order valence-corrected chi connectivity index (χ4v) is 9.66. The Balaban J connectivity index is 1.54. The summed E-state index contributed by atoms with van der Waals surface area (Å²) in [6, 6.07) is 0. The fourth-order valence-electron chi connectivity index (χ4n) is 9.66. The molecule has 5 aliphatic rings. The zero-order chi connectivity index (χ0) is 19.4. The van der Waals surface area contributed by atoms with Crippen LogP contribution in [0.25, 0.3) is 0 Å². The maximum atomic E-state index is 11.7. The summed E-state index contributed by atoms with van der Waals surface area (Å²) in [4.78, 5) is 0. The molecule has 0 aliphatic heterocycles. The van der Waals surface area contributed by atoms with E-state index in [1.165, 1.54) is 19.3 Å². The molecule has 4 unspecified atom stereocenters. The lowest BCUT2D eigenvalue weighted by Crippen LogP contribution is -2.61. The number of methoxy groups -OCH3 is 1. The van der Waals surface area contributed by atoms with E-state index in [2.05, 4.69) is 13.8 Å². The van der Waals surface area contributed by atoms with E-state index < -0.39 is 11.7 Å². The molecule has 0 amide bonds. The monoisotopic (exact) mass is 378 g/mol. The van der Waals surface area contributed by atoms with Crippen LogP contribution in [-0.4, -0.2) is 46.8 Å². The van der Waals surface area contributed by atoms with Crippen molar-refractivity contribution in [3.05, 3.63) is 0 Å². The van der Waals surface area contributed by atoms with Crippen LogP contribution >= 0.6 is 0 Å². The van der Waals surface area contributed by atoms with Crippen LogP contribution < -0.4 is 0 Å². The average Bonchev–Trinajstić information content (AvgIpc) is 3.25. The molecule has 11 atom stereocenters. The highest BCUT2D eigenvalue weighted by atomic mass is 16.5. The lowest BCUT2D eigenvalue weighted by molar-refractivity contribution is -0.206. The molecule has 5 rings (SSSR count). The van der Waals surface area contributed by atoms with Gasteiger partial charge in [-0.2, -0.15) is 0 Å². The van der Waals surface area contributed by atoms with Crippen LogP contribution in [0, 0.1) is 45.8 Å². The predicted octanol–water partition coefficient (Wildman–Crippen LogP) is 2.98. The summed E-state index contributed by atoms with van der Waals surface area (Å²) in [6.07, 6.45) is 7.48. The SMILES string of the molecule is CO[C@@H]1CC2C3C[C@H](O)[C@](O)([C@H](C)CO)[C@@]3(C)CCC2[C@@]2(C)CC[C@@H]3CC312. The zero-order valence-corrected chi connectivity index (χ0v) is 17.4. The second-order valence-electron chi connectivity index (χ2n) is 11.4. The zero-order valence-electron chi connectivity index (χ0n) is 17.4. The normalized spacial score (nSPS) is 62.3. The highest BCUT2D eigenvalue weighted by molar-refractivity contribution is 5.27. The first-order chi connectivity index (χ1) is 12.7. The van der Waals surface area contributed by atoms with E-state index in [1.807, 2.05) is 14.0 Å². The molecular weight excluding hydrogens is 340 g/mol. The van der Waals surface area contributed by atoms with Crippen LogP contribution in [0.4, 0.5) is 0 Å². The van der Waals surface area contributed by atoms with Gasteiger partial charge in [0.05, 0.1) is 12.2 Å². The minimum Gasteiger partial charge on any atom is -0.396 e. The van der Waals surface area contributed by atoms with Crippen LogP contribution in [0.1, 0.15) is 65.7 Å². The first-order valence-corrected chi connectivity index (χ1v) is 11.2. The van der Waals surface area contributed by atoms with E-state index in [-0.39, 0.29) is 17.9 Å². The van der Waals surface area contributed by atoms with Gasteiger partial charge in [-0.3, -0.25) is 0 Å². The third kappa shape index (κ3) is 1.86. The average molecular weight is 379 g/mol. The van der Waals surface area contributed by atoms with Gasteiger partial charge in [-0.1, -0.05) is 20.8 Å². The molecule has 0 aromatic heterocycles. The molecule has 0 bridgehead atoms. The molecule has 27 heavy (non-hydrogen) atoms. The van der Waals surface area contributed by atoms with Gasteiger partial charge < -0.3 is 20.1 Å². The van der Waals surface area contributed by atoms with Crippen molar-refractivity contribution in [3.8, 4) is 0 Å². The van der Waals surface area contributed by atoms with E-state index in [9.17, 15) is 15.3 Å². The van der Waals surface area contributed by atoms with Crippen molar-refractivity contribution in [1.82, 2.24) is 0 Å². The minimum absolute atomic E-state index is 0.0762. The predicted molar refractivity (Wildman–Crippen MR) is 103 cm³/mol. The summed E-state index contributed by atoms with van der Waals surface area (Å²) in [5, 5.41) is 32.5. The van der Waals surface area contributed by atoms with Gasteiger partial charge in [0.15, 0.2) is 0 Å². The molecule has 5 aliphatic carbocycles. The molecule has 5 fully saturated rings. The van der Waals surface area contributed by atoms with Crippen LogP contribution in [0.5, 0.6) is 0 Å². The molecule has 3 N–H and O–H groups in total. The Morgan fingerprint density at radius 3 is 2.41 bits per heavy atom. The second kappa shape index (κ2) is 5.50. The van der Waals surface area contributed by atoms with E-state index in [4.69, 9.17) is 4.74 Å². The Morgan fingerprint density at radius 1 is 1.07 bits per heavy atom. The van der Waals surface area contributed by atoms with Crippen molar-refractivity contribution in [2.24, 2.45) is 45.8 Å². The Hall–Kier alpha value is -0.160. The molecule has 0 radical (unpaired) electrons. The Kier molecular flexibility index (Phi) is 3.84. The summed E-state index contributed by atoms with van der Waals surface area (Å²) in [5.74, 6) is 2.07. The van der Waals surface area contributed by atoms with Gasteiger partial charge in [0.25, 0.3) is 0 Å². The Morgan fingerprint density at radius 2 is 1.78 bits per heavy atom. The maximum absolute atomic E-state index is 11.7. The van der Waals surface area contributed by atoms with Crippen molar-refractivity contribution in [3.63, 3.8) is 0 Å². The first kappa shape index (κ1) is 18.8. The molecule has 0 saturated heterocycles. The minimum atomic E-state index is -1.19. The smallest absolute Gasteiger partial charge is 0.101 e. The summed E-state index contributed by atoms with van der Waals surface area (Å²) >= 11 is 0. The van der Waals surface area contributed by atoms with Crippen LogP contribution in [0.3, 0.4) is 0 Å². The number of ether oxygens (including phenoxy) is 1. The second-order valence-corrected chi connectivity index (χ2v) is 11.4. The number of aliphatic hydroxyl groups is 3. The van der Waals surface area contributed by atoms with E-state index >= 15 is 0 Å². The number of hydrogen-bond donors (Lipinski definition) is 3. The molecular formula is C23H38O4. The topological polar surface area (TPSA) is 69.9 Å². The summed E-state index contributed by atoms with van der Waals surface area (Å²) in [6.45, 7) is 6.55. The Labute approximate surface area is 163 Å². The van der Waals surface area contributed by atoms with E-state index in [0.717, 1.165) is 25.2 Å². The van der Waals surface area contributed by atoms with E-state index in [1.54, 1.807) is 0 Å². The first-order valence-electron chi connectivity index (χ1n) is 11.2. The molecule has 0 heterocycles. The summed E-state index contributed by atoms with van der Waals surface area (Å²) in [5.41, 5.74) is -0.746. The fraction of sp³-hybridized carbons (Fsp3) is 1.00. The molecule has 5 saturated carbocycles. The van der Waals surface area contributed by atoms with Gasteiger partial charge in [0, 0.05) is 30.5 Å². The van der Waals surface area contributed by atoms with Gasteiger partial charge in [-0.25, -0.2) is 0 Å². The molecule has 0 aromatic rings. The molecule has 4 heteroatoms. The number of rotatable bonds is 3. The largest absolute Gasteiger partial charge is 0.396 e. The van der Waals surface area contributed by atoms with E-state index in [0.29, 0.717) is 41.1 Å². The number of hydrogen-bond acceptors (Lipinski definition) is 4. The molecule has 1 spiro atoms. The molecule has 4 nitrogen and oxygen atoms in total. The quantitative estimate of drug-likeness (QED) is 0.706. The summed E-state index contributed by atoms with van der Waals surface area (Å²) < 4.78 is 6.13. The van der Waals surface area contributed by atoms with Crippen LogP contribution in [-0.2, 0) is 4.74 Å². The van der Waals surface area contributed by atoms with Crippen molar-refractivity contribution >= 4 is 0 Å². The highest BCUT2D eigenvalue weighted by Crippen LogP contribution is 2.82.